The first-order valence-corrected chi connectivity index (χ1v) is 5.90. The molecule has 0 aromatic carbocycles. The van der Waals surface area contributed by atoms with Gasteiger partial charge in [0.1, 0.15) is 0 Å². The van der Waals surface area contributed by atoms with E-state index in [2.05, 4.69) is 20.4 Å². The molecule has 0 radical (unpaired) electrons. The molecule has 80 valence electrons. The van der Waals surface area contributed by atoms with Gasteiger partial charge in [0.2, 0.25) is 0 Å². The summed E-state index contributed by atoms with van der Waals surface area (Å²) in [7, 11) is 0. The standard InChI is InChI=1S/C10H22.C3H6/c1-3-5-7-9-10-8-6-4-2;1-3-2/h3-10H2,1-2H3;3H,1H2,2H3. The molecule has 0 saturated carbocycles. The maximum atomic E-state index is 3.36. The van der Waals surface area contributed by atoms with Crippen LogP contribution in [0.3, 0.4) is 0 Å². The fourth-order valence-corrected chi connectivity index (χ4v) is 1.21. The summed E-state index contributed by atoms with van der Waals surface area (Å²) in [6.45, 7) is 9.79. The Hall–Kier alpha value is -0.260. The molecule has 0 heteroatoms. The van der Waals surface area contributed by atoms with Crippen LogP contribution in [0.25, 0.3) is 0 Å². The normalized spacial score (nSPS) is 8.85. The maximum Gasteiger partial charge on any atom is -0.0473 e. The third-order valence-corrected chi connectivity index (χ3v) is 1.96. The molecule has 13 heavy (non-hydrogen) atoms. The number of hydrogen-bond acceptors (Lipinski definition) is 0. The van der Waals surface area contributed by atoms with Crippen LogP contribution in [0.15, 0.2) is 12.7 Å². The molecule has 0 heterocycles. The van der Waals surface area contributed by atoms with Crippen LogP contribution in [-0.4, -0.2) is 0 Å². The maximum absolute atomic E-state index is 3.36. The van der Waals surface area contributed by atoms with E-state index in [4.69, 9.17) is 0 Å². The van der Waals surface area contributed by atoms with Crippen LogP contribution in [0.5, 0.6) is 0 Å². The minimum absolute atomic E-state index is 1.37. The lowest BCUT2D eigenvalue weighted by atomic mass is 10.1. The van der Waals surface area contributed by atoms with E-state index in [9.17, 15) is 0 Å². The Bertz CT molecular complexity index is 66.1. The lowest BCUT2D eigenvalue weighted by Crippen LogP contribution is -1.77. The summed E-state index contributed by atoms with van der Waals surface area (Å²) in [5, 5.41) is 0. The van der Waals surface area contributed by atoms with Crippen molar-refractivity contribution >= 4 is 0 Å². The molecule has 0 N–H and O–H groups in total. The minimum Gasteiger partial charge on any atom is -0.103 e. The highest BCUT2D eigenvalue weighted by molar-refractivity contribution is 4.51. The number of hydrogen-bond donors (Lipinski definition) is 0. The van der Waals surface area contributed by atoms with Gasteiger partial charge in [-0.3, -0.25) is 0 Å². The van der Waals surface area contributed by atoms with Crippen LogP contribution < -0.4 is 0 Å². The number of unbranched alkanes of at least 4 members (excludes halogenated alkanes) is 7. The van der Waals surface area contributed by atoms with Crippen LogP contribution in [0, 0.1) is 0 Å². The fourth-order valence-electron chi connectivity index (χ4n) is 1.21. The summed E-state index contributed by atoms with van der Waals surface area (Å²) in [6.07, 6.45) is 13.2. The van der Waals surface area contributed by atoms with Crippen molar-refractivity contribution in [2.45, 2.75) is 72.1 Å². The van der Waals surface area contributed by atoms with Crippen molar-refractivity contribution in [3.05, 3.63) is 12.7 Å². The van der Waals surface area contributed by atoms with Gasteiger partial charge in [0.15, 0.2) is 0 Å². The average molecular weight is 184 g/mol. The Kier molecular flexibility index (Phi) is 20.8. The van der Waals surface area contributed by atoms with Gasteiger partial charge in [-0.2, -0.15) is 0 Å². The summed E-state index contributed by atoms with van der Waals surface area (Å²) in [4.78, 5) is 0. The molecular weight excluding hydrogens is 156 g/mol. The van der Waals surface area contributed by atoms with Gasteiger partial charge in [-0.1, -0.05) is 71.3 Å². The molecule has 0 aliphatic carbocycles. The highest BCUT2D eigenvalue weighted by atomic mass is 13.9. The second kappa shape index (κ2) is 17.7. The molecule has 0 unspecified atom stereocenters. The van der Waals surface area contributed by atoms with Gasteiger partial charge in [-0.25, -0.2) is 0 Å². The minimum atomic E-state index is 1.37. The van der Waals surface area contributed by atoms with Gasteiger partial charge in [0.25, 0.3) is 0 Å². The third kappa shape index (κ3) is 24.5. The summed E-state index contributed by atoms with van der Waals surface area (Å²) in [5.41, 5.74) is 0. The van der Waals surface area contributed by atoms with Gasteiger partial charge in [0, 0.05) is 0 Å². The predicted molar refractivity (Wildman–Crippen MR) is 64.2 cm³/mol. The quantitative estimate of drug-likeness (QED) is 0.370. The van der Waals surface area contributed by atoms with Crippen molar-refractivity contribution in [2.24, 2.45) is 0 Å². The van der Waals surface area contributed by atoms with E-state index < -0.39 is 0 Å². The van der Waals surface area contributed by atoms with Crippen LogP contribution in [0.4, 0.5) is 0 Å². The van der Waals surface area contributed by atoms with E-state index in [1.807, 2.05) is 6.92 Å². The Balaban J connectivity index is 0. The van der Waals surface area contributed by atoms with E-state index in [-0.39, 0.29) is 0 Å². The first kappa shape index (κ1) is 15.2. The van der Waals surface area contributed by atoms with Gasteiger partial charge < -0.3 is 0 Å². The van der Waals surface area contributed by atoms with Crippen molar-refractivity contribution in [3.8, 4) is 0 Å². The van der Waals surface area contributed by atoms with E-state index in [0.717, 1.165) is 0 Å². The fraction of sp³-hybridized carbons (Fsp3) is 0.846. The van der Waals surface area contributed by atoms with Gasteiger partial charge in [-0.05, 0) is 6.92 Å². The van der Waals surface area contributed by atoms with Crippen LogP contribution >= 0.6 is 0 Å². The zero-order valence-corrected chi connectivity index (χ0v) is 9.94. The Morgan fingerprint density at radius 3 is 1.23 bits per heavy atom. The lowest BCUT2D eigenvalue weighted by molar-refractivity contribution is 0.585. The van der Waals surface area contributed by atoms with Crippen molar-refractivity contribution in [1.82, 2.24) is 0 Å². The smallest absolute Gasteiger partial charge is 0.0473 e. The largest absolute Gasteiger partial charge is 0.103 e. The second-order valence-corrected chi connectivity index (χ2v) is 3.53. The zero-order valence-electron chi connectivity index (χ0n) is 9.94. The number of rotatable bonds is 7. The first-order valence-electron chi connectivity index (χ1n) is 5.90. The molecule has 0 amide bonds. The van der Waals surface area contributed by atoms with E-state index in [1.165, 1.54) is 51.4 Å². The van der Waals surface area contributed by atoms with E-state index >= 15 is 0 Å². The lowest BCUT2D eigenvalue weighted by Gasteiger charge is -1.97. The molecule has 0 fully saturated rings. The Morgan fingerprint density at radius 2 is 1.00 bits per heavy atom. The van der Waals surface area contributed by atoms with Crippen molar-refractivity contribution in [1.29, 1.82) is 0 Å². The van der Waals surface area contributed by atoms with Gasteiger partial charge >= 0.3 is 0 Å². The second-order valence-electron chi connectivity index (χ2n) is 3.53. The molecule has 0 bridgehead atoms. The highest BCUT2D eigenvalue weighted by Crippen LogP contribution is 2.07. The van der Waals surface area contributed by atoms with Crippen molar-refractivity contribution in [3.63, 3.8) is 0 Å². The highest BCUT2D eigenvalue weighted by Gasteiger charge is 1.87. The predicted octanol–water partition coefficient (Wildman–Crippen LogP) is 5.34. The van der Waals surface area contributed by atoms with E-state index in [0.29, 0.717) is 0 Å². The molecule has 0 spiro atoms. The van der Waals surface area contributed by atoms with Gasteiger partial charge in [0.05, 0.1) is 0 Å². The van der Waals surface area contributed by atoms with Gasteiger partial charge in [-0.15, -0.1) is 6.58 Å². The molecule has 0 atom stereocenters. The van der Waals surface area contributed by atoms with Crippen LogP contribution in [0.2, 0.25) is 0 Å². The third-order valence-electron chi connectivity index (χ3n) is 1.96. The summed E-state index contributed by atoms with van der Waals surface area (Å²) >= 11 is 0. The Labute approximate surface area is 85.4 Å². The van der Waals surface area contributed by atoms with Crippen molar-refractivity contribution in [2.75, 3.05) is 0 Å². The monoisotopic (exact) mass is 184 g/mol. The molecule has 0 aliphatic heterocycles. The van der Waals surface area contributed by atoms with Crippen molar-refractivity contribution < 1.29 is 0 Å². The molecule has 0 aromatic rings. The molecular formula is C13H28. The SMILES string of the molecule is C=CC.CCCCCCCCCC. The van der Waals surface area contributed by atoms with Crippen LogP contribution in [-0.2, 0) is 0 Å². The molecule has 0 aromatic heterocycles. The van der Waals surface area contributed by atoms with Crippen LogP contribution in [0.1, 0.15) is 72.1 Å². The summed E-state index contributed by atoms with van der Waals surface area (Å²) in [6, 6.07) is 0. The van der Waals surface area contributed by atoms with E-state index in [1.54, 1.807) is 6.08 Å². The molecule has 0 rings (SSSR count). The Morgan fingerprint density at radius 1 is 0.769 bits per heavy atom. The summed E-state index contributed by atoms with van der Waals surface area (Å²) in [5.74, 6) is 0. The first-order chi connectivity index (χ1) is 6.33. The molecule has 0 nitrogen and oxygen atoms in total. The molecule has 0 aliphatic rings. The summed E-state index contributed by atoms with van der Waals surface area (Å²) < 4.78 is 0. The molecule has 0 saturated heterocycles. The number of allylic oxidation sites excluding steroid dienone is 1. The zero-order chi connectivity index (χ0) is 10.4. The average Bonchev–Trinajstić information content (AvgIpc) is 2.13. The topological polar surface area (TPSA) is 0 Å².